The van der Waals surface area contributed by atoms with E-state index < -0.39 is 17.8 Å². The van der Waals surface area contributed by atoms with Crippen LogP contribution in [0.5, 0.6) is 0 Å². The van der Waals surface area contributed by atoms with E-state index >= 15 is 0 Å². The molecule has 0 unspecified atom stereocenters. The fourth-order valence-corrected chi connectivity index (χ4v) is 4.15. The number of carbonyl (C=O) groups is 2. The summed E-state index contributed by atoms with van der Waals surface area (Å²) in [5, 5.41) is 5.20. The Kier molecular flexibility index (Phi) is 6.25. The Balaban J connectivity index is 1.49. The lowest BCUT2D eigenvalue weighted by Gasteiger charge is -2.24. The Bertz CT molecular complexity index is 980. The third kappa shape index (κ3) is 4.98. The van der Waals surface area contributed by atoms with Gasteiger partial charge in [0.15, 0.2) is 0 Å². The van der Waals surface area contributed by atoms with E-state index in [0.29, 0.717) is 11.3 Å². The third-order valence-corrected chi connectivity index (χ3v) is 5.79. The largest absolute Gasteiger partial charge is 0.416 e. The Morgan fingerprint density at radius 2 is 1.34 bits per heavy atom. The minimum absolute atomic E-state index is 0.0452. The van der Waals surface area contributed by atoms with Crippen molar-refractivity contribution in [3.8, 4) is 0 Å². The molecule has 4 rings (SSSR count). The van der Waals surface area contributed by atoms with Crippen LogP contribution in [0.25, 0.3) is 0 Å². The van der Waals surface area contributed by atoms with Crippen LogP contribution in [0.15, 0.2) is 42.5 Å². The quantitative estimate of drug-likeness (QED) is 0.680. The van der Waals surface area contributed by atoms with Crippen LogP contribution in [0.2, 0.25) is 0 Å². The van der Waals surface area contributed by atoms with Crippen LogP contribution in [0.3, 0.4) is 0 Å². The highest BCUT2D eigenvalue weighted by Crippen LogP contribution is 2.31. The number of nitrogens with one attached hydrogen (secondary N) is 2. The molecule has 2 aliphatic rings. The van der Waals surface area contributed by atoms with Gasteiger partial charge in [0.1, 0.15) is 0 Å². The van der Waals surface area contributed by atoms with E-state index in [4.69, 9.17) is 0 Å². The van der Waals surface area contributed by atoms with Gasteiger partial charge in [-0.1, -0.05) is 0 Å². The maximum Gasteiger partial charge on any atom is 0.416 e. The average Bonchev–Trinajstić information content (AvgIpc) is 3.47. The minimum Gasteiger partial charge on any atom is -0.371 e. The van der Waals surface area contributed by atoms with Gasteiger partial charge in [0.25, 0.3) is 5.91 Å². The Hall–Kier alpha value is -3.23. The lowest BCUT2D eigenvalue weighted by Crippen LogP contribution is -2.30. The summed E-state index contributed by atoms with van der Waals surface area (Å²) in [7, 11) is 0. The van der Waals surface area contributed by atoms with Crippen LogP contribution >= 0.6 is 0 Å². The van der Waals surface area contributed by atoms with Gasteiger partial charge in [0, 0.05) is 43.2 Å². The maximum absolute atomic E-state index is 13.1. The Labute approximate surface area is 184 Å². The van der Waals surface area contributed by atoms with Gasteiger partial charge in [-0.05, 0) is 68.1 Å². The van der Waals surface area contributed by atoms with Gasteiger partial charge in [0.2, 0.25) is 0 Å². The standard InChI is InChI=1S/C23H25F3N4O2/c24-23(25,26)16-5-7-17(8-6-16)27-22(32)28-18-9-10-20(29-11-1-2-12-29)19(15-18)21(31)30-13-3-4-14-30/h5-10,15H,1-4,11-14H2,(H2,27,28,32). The van der Waals surface area contributed by atoms with Gasteiger partial charge in [-0.3, -0.25) is 4.79 Å². The molecule has 2 fully saturated rings. The van der Waals surface area contributed by atoms with Gasteiger partial charge in [-0.15, -0.1) is 0 Å². The number of carbonyl (C=O) groups excluding carboxylic acids is 2. The molecule has 3 amide bonds. The fraction of sp³-hybridized carbons (Fsp3) is 0.391. The summed E-state index contributed by atoms with van der Waals surface area (Å²) < 4.78 is 38.1. The molecule has 0 saturated carbocycles. The molecule has 0 radical (unpaired) electrons. The first-order valence-electron chi connectivity index (χ1n) is 10.7. The van der Waals surface area contributed by atoms with Crippen molar-refractivity contribution >= 4 is 29.0 Å². The lowest BCUT2D eigenvalue weighted by atomic mass is 10.1. The summed E-state index contributed by atoms with van der Waals surface area (Å²) in [6, 6.07) is 8.88. The first-order valence-corrected chi connectivity index (χ1v) is 10.7. The second kappa shape index (κ2) is 9.10. The topological polar surface area (TPSA) is 64.7 Å². The predicted molar refractivity (Wildman–Crippen MR) is 117 cm³/mol. The van der Waals surface area contributed by atoms with Crippen molar-refractivity contribution in [3.05, 3.63) is 53.6 Å². The molecule has 9 heteroatoms. The minimum atomic E-state index is -4.43. The summed E-state index contributed by atoms with van der Waals surface area (Å²) in [5.74, 6) is -0.0452. The molecule has 0 aromatic heterocycles. The van der Waals surface area contributed by atoms with Gasteiger partial charge in [-0.25, -0.2) is 4.79 Å². The predicted octanol–water partition coefficient (Wildman–Crippen LogP) is 5.19. The zero-order valence-electron chi connectivity index (χ0n) is 17.5. The van der Waals surface area contributed by atoms with Gasteiger partial charge in [0.05, 0.1) is 11.1 Å². The van der Waals surface area contributed by atoms with Crippen molar-refractivity contribution in [3.63, 3.8) is 0 Å². The molecule has 32 heavy (non-hydrogen) atoms. The lowest BCUT2D eigenvalue weighted by molar-refractivity contribution is -0.137. The average molecular weight is 446 g/mol. The second-order valence-electron chi connectivity index (χ2n) is 8.08. The molecule has 2 aliphatic heterocycles. The molecule has 0 atom stereocenters. The van der Waals surface area contributed by atoms with Gasteiger partial charge >= 0.3 is 12.2 Å². The number of benzene rings is 2. The highest BCUT2D eigenvalue weighted by atomic mass is 19.4. The molecule has 2 heterocycles. The molecule has 170 valence electrons. The molecule has 2 aromatic carbocycles. The SMILES string of the molecule is O=C(Nc1ccc(C(F)(F)F)cc1)Nc1ccc(N2CCCC2)c(C(=O)N2CCCC2)c1. The number of halogens is 3. The van der Waals surface area contributed by atoms with Crippen LogP contribution in [0.4, 0.5) is 35.0 Å². The third-order valence-electron chi connectivity index (χ3n) is 5.79. The number of hydrogen-bond donors (Lipinski definition) is 2. The van der Waals surface area contributed by atoms with E-state index in [0.717, 1.165) is 69.7 Å². The van der Waals surface area contributed by atoms with E-state index in [1.54, 1.807) is 12.1 Å². The first-order chi connectivity index (χ1) is 15.3. The molecular formula is C23H25F3N4O2. The van der Waals surface area contributed by atoms with Crippen molar-refractivity contribution in [2.24, 2.45) is 0 Å². The highest BCUT2D eigenvalue weighted by molar-refractivity contribution is 6.04. The summed E-state index contributed by atoms with van der Waals surface area (Å²) in [5.41, 5.74) is 1.32. The van der Waals surface area contributed by atoms with E-state index in [1.165, 1.54) is 12.1 Å². The molecule has 6 nitrogen and oxygen atoms in total. The van der Waals surface area contributed by atoms with Crippen molar-refractivity contribution in [2.45, 2.75) is 31.9 Å². The number of likely N-dealkylation sites (tertiary alicyclic amines) is 1. The molecule has 0 spiro atoms. The van der Waals surface area contributed by atoms with Crippen molar-refractivity contribution in [1.82, 2.24) is 4.90 Å². The molecule has 2 saturated heterocycles. The summed E-state index contributed by atoms with van der Waals surface area (Å²) in [6.07, 6.45) is -0.313. The molecule has 2 aromatic rings. The van der Waals surface area contributed by atoms with Crippen LogP contribution < -0.4 is 15.5 Å². The van der Waals surface area contributed by atoms with E-state index in [9.17, 15) is 22.8 Å². The van der Waals surface area contributed by atoms with E-state index in [2.05, 4.69) is 15.5 Å². The van der Waals surface area contributed by atoms with Crippen molar-refractivity contribution in [1.29, 1.82) is 0 Å². The number of rotatable bonds is 4. The van der Waals surface area contributed by atoms with E-state index in [-0.39, 0.29) is 11.6 Å². The summed E-state index contributed by atoms with van der Waals surface area (Å²) in [4.78, 5) is 29.6. The number of alkyl halides is 3. The Morgan fingerprint density at radius 1 is 0.781 bits per heavy atom. The number of hydrogen-bond acceptors (Lipinski definition) is 3. The summed E-state index contributed by atoms with van der Waals surface area (Å²) >= 11 is 0. The monoisotopic (exact) mass is 446 g/mol. The molecular weight excluding hydrogens is 421 g/mol. The van der Waals surface area contributed by atoms with Crippen LogP contribution in [0, 0.1) is 0 Å². The molecule has 0 aliphatic carbocycles. The summed E-state index contributed by atoms with van der Waals surface area (Å²) in [6.45, 7) is 3.23. The Morgan fingerprint density at radius 3 is 1.97 bits per heavy atom. The van der Waals surface area contributed by atoms with Crippen molar-refractivity contribution < 1.29 is 22.8 Å². The zero-order chi connectivity index (χ0) is 22.7. The number of urea groups is 1. The molecule has 2 N–H and O–H groups in total. The zero-order valence-corrected chi connectivity index (χ0v) is 17.5. The number of amides is 3. The maximum atomic E-state index is 13.1. The highest BCUT2D eigenvalue weighted by Gasteiger charge is 2.30. The number of anilines is 3. The second-order valence-corrected chi connectivity index (χ2v) is 8.08. The first kappa shape index (κ1) is 22.0. The van der Waals surface area contributed by atoms with Gasteiger partial charge in [-0.2, -0.15) is 13.2 Å². The normalized spacial score (nSPS) is 16.3. The fourth-order valence-electron chi connectivity index (χ4n) is 4.15. The van der Waals surface area contributed by atoms with E-state index in [1.807, 2.05) is 11.0 Å². The van der Waals surface area contributed by atoms with Crippen LogP contribution in [-0.4, -0.2) is 43.0 Å². The smallest absolute Gasteiger partial charge is 0.371 e. The number of nitrogens with zero attached hydrogens (tertiary/aromatic N) is 2. The molecule has 0 bridgehead atoms. The van der Waals surface area contributed by atoms with Crippen molar-refractivity contribution in [2.75, 3.05) is 41.7 Å². The van der Waals surface area contributed by atoms with Crippen LogP contribution in [-0.2, 0) is 6.18 Å². The van der Waals surface area contributed by atoms with Gasteiger partial charge < -0.3 is 20.4 Å². The van der Waals surface area contributed by atoms with Crippen LogP contribution in [0.1, 0.15) is 41.6 Å².